The Balaban J connectivity index is 1.27. The zero-order valence-corrected chi connectivity index (χ0v) is 24.1. The lowest BCUT2D eigenvalue weighted by atomic mass is 10.0. The highest BCUT2D eigenvalue weighted by atomic mass is 32.2. The van der Waals surface area contributed by atoms with Crippen LogP contribution < -0.4 is 10.0 Å². The predicted molar refractivity (Wildman–Crippen MR) is 158 cm³/mol. The van der Waals surface area contributed by atoms with Gasteiger partial charge in [0.1, 0.15) is 11.6 Å². The number of fused-ring (bicyclic) bond motifs is 1. The zero-order valence-electron chi connectivity index (χ0n) is 23.3. The zero-order chi connectivity index (χ0) is 29.3. The molecule has 41 heavy (non-hydrogen) atoms. The first-order chi connectivity index (χ1) is 19.5. The molecule has 0 aliphatic heterocycles. The van der Waals surface area contributed by atoms with E-state index < -0.39 is 28.0 Å². The number of furan rings is 1. The summed E-state index contributed by atoms with van der Waals surface area (Å²) in [5.41, 5.74) is 4.98. The topological polar surface area (TPSA) is 126 Å². The number of aryl methyl sites for hydroxylation is 2. The molecule has 1 aromatic heterocycles. The summed E-state index contributed by atoms with van der Waals surface area (Å²) in [4.78, 5) is 24.5. The number of hydrogen-bond acceptors (Lipinski definition) is 5. The lowest BCUT2D eigenvalue weighted by molar-refractivity contribution is -0.140. The molecule has 214 valence electrons. The van der Waals surface area contributed by atoms with Crippen LogP contribution in [0, 0.1) is 18.8 Å². The number of anilines is 1. The average molecular weight is 575 g/mol. The van der Waals surface area contributed by atoms with Crippen LogP contribution in [0.3, 0.4) is 0 Å². The molecule has 1 unspecified atom stereocenters. The minimum atomic E-state index is -4.00. The number of amides is 1. The number of rotatable bonds is 11. The van der Waals surface area contributed by atoms with Crippen LogP contribution >= 0.6 is 0 Å². The molecule has 1 fully saturated rings. The van der Waals surface area contributed by atoms with Gasteiger partial charge >= 0.3 is 5.97 Å². The minimum Gasteiger partial charge on any atom is -0.480 e. The van der Waals surface area contributed by atoms with Crippen molar-refractivity contribution in [3.63, 3.8) is 0 Å². The third-order valence-corrected chi connectivity index (χ3v) is 9.08. The first-order valence-electron chi connectivity index (χ1n) is 13.8. The summed E-state index contributed by atoms with van der Waals surface area (Å²) in [6.45, 7) is 5.20. The van der Waals surface area contributed by atoms with Gasteiger partial charge in [-0.25, -0.2) is 8.42 Å². The molecule has 0 saturated heterocycles. The van der Waals surface area contributed by atoms with Crippen LogP contribution in [-0.2, 0) is 21.2 Å². The van der Waals surface area contributed by atoms with E-state index in [2.05, 4.69) is 16.1 Å². The summed E-state index contributed by atoms with van der Waals surface area (Å²) < 4.78 is 33.6. The number of carbonyl (C=O) groups is 2. The van der Waals surface area contributed by atoms with Crippen molar-refractivity contribution in [2.24, 2.45) is 11.8 Å². The third kappa shape index (κ3) is 6.36. The van der Waals surface area contributed by atoms with E-state index >= 15 is 0 Å². The summed E-state index contributed by atoms with van der Waals surface area (Å²) in [5, 5.41) is 13.3. The van der Waals surface area contributed by atoms with E-state index in [1.54, 1.807) is 38.1 Å². The summed E-state index contributed by atoms with van der Waals surface area (Å²) in [6.07, 6.45) is 4.77. The molecule has 1 aliphatic carbocycles. The normalized spacial score (nSPS) is 14.3. The van der Waals surface area contributed by atoms with Gasteiger partial charge < -0.3 is 14.8 Å². The number of carboxylic acids is 1. The number of sulfonamides is 1. The van der Waals surface area contributed by atoms with Gasteiger partial charge in [-0.1, -0.05) is 63.1 Å². The number of carbonyl (C=O) groups excluding carboxylic acids is 1. The van der Waals surface area contributed by atoms with Crippen LogP contribution in [0.5, 0.6) is 0 Å². The van der Waals surface area contributed by atoms with Crippen LogP contribution in [0.4, 0.5) is 5.69 Å². The second-order valence-corrected chi connectivity index (χ2v) is 12.8. The summed E-state index contributed by atoms with van der Waals surface area (Å²) >= 11 is 0. The Labute approximate surface area is 239 Å². The van der Waals surface area contributed by atoms with Gasteiger partial charge in [-0.2, -0.15) is 4.72 Å². The van der Waals surface area contributed by atoms with Crippen molar-refractivity contribution in [3.8, 4) is 11.1 Å². The first kappa shape index (κ1) is 28.6. The number of hydrogen-bond donors (Lipinski definition) is 3. The Kier molecular flexibility index (Phi) is 8.02. The molecule has 1 aliphatic rings. The van der Waals surface area contributed by atoms with Crippen LogP contribution in [0.1, 0.15) is 54.8 Å². The van der Waals surface area contributed by atoms with E-state index in [1.165, 1.54) is 30.5 Å². The SMILES string of the molecule is Cc1c(C(=O)Nc2ccc(-c3ccc(S(=O)(=O)NC(C(=O)O)C(C)C)cc3)cc2)oc2cccc(CCC3CC3)c12. The second-order valence-electron chi connectivity index (χ2n) is 11.1. The minimum absolute atomic E-state index is 0.0195. The Morgan fingerprint density at radius 2 is 1.61 bits per heavy atom. The molecule has 8 nitrogen and oxygen atoms in total. The number of benzene rings is 3. The maximum Gasteiger partial charge on any atom is 0.322 e. The van der Waals surface area contributed by atoms with E-state index in [1.807, 2.05) is 31.2 Å². The van der Waals surface area contributed by atoms with Gasteiger partial charge in [-0.3, -0.25) is 9.59 Å². The first-order valence-corrected chi connectivity index (χ1v) is 15.3. The molecule has 1 atom stereocenters. The number of carboxylic acid groups (broad SMARTS) is 1. The maximum atomic E-state index is 13.1. The highest BCUT2D eigenvalue weighted by Crippen LogP contribution is 2.36. The van der Waals surface area contributed by atoms with Crippen LogP contribution in [0.15, 0.2) is 76.0 Å². The smallest absolute Gasteiger partial charge is 0.322 e. The van der Waals surface area contributed by atoms with Crippen molar-refractivity contribution in [1.29, 1.82) is 0 Å². The fourth-order valence-electron chi connectivity index (χ4n) is 5.05. The van der Waals surface area contributed by atoms with Gasteiger partial charge in [0, 0.05) is 16.6 Å². The second kappa shape index (κ2) is 11.5. The van der Waals surface area contributed by atoms with Crippen molar-refractivity contribution in [3.05, 3.63) is 83.6 Å². The molecule has 3 N–H and O–H groups in total. The molecule has 1 amide bonds. The van der Waals surface area contributed by atoms with E-state index in [-0.39, 0.29) is 10.8 Å². The van der Waals surface area contributed by atoms with Crippen LogP contribution in [0.2, 0.25) is 0 Å². The van der Waals surface area contributed by atoms with Gasteiger partial charge in [0.25, 0.3) is 5.91 Å². The highest BCUT2D eigenvalue weighted by molar-refractivity contribution is 7.89. The van der Waals surface area contributed by atoms with Crippen molar-refractivity contribution in [2.75, 3.05) is 5.32 Å². The van der Waals surface area contributed by atoms with Gasteiger partial charge in [0.15, 0.2) is 5.76 Å². The van der Waals surface area contributed by atoms with Crippen LogP contribution in [0.25, 0.3) is 22.1 Å². The Morgan fingerprint density at radius 1 is 0.976 bits per heavy atom. The molecule has 3 aromatic carbocycles. The average Bonchev–Trinajstić information content (AvgIpc) is 3.72. The molecule has 0 spiro atoms. The fraction of sp³-hybridized carbons (Fsp3) is 0.312. The molecular weight excluding hydrogens is 540 g/mol. The Morgan fingerprint density at radius 3 is 2.20 bits per heavy atom. The Hall–Kier alpha value is -3.95. The van der Waals surface area contributed by atoms with E-state index in [4.69, 9.17) is 4.42 Å². The largest absolute Gasteiger partial charge is 0.480 e. The molecule has 1 saturated carbocycles. The van der Waals surface area contributed by atoms with Crippen LogP contribution in [-0.4, -0.2) is 31.4 Å². The summed E-state index contributed by atoms with van der Waals surface area (Å²) in [6, 6.07) is 18.2. The lowest BCUT2D eigenvalue weighted by Crippen LogP contribution is -2.44. The highest BCUT2D eigenvalue weighted by Gasteiger charge is 2.28. The van der Waals surface area contributed by atoms with E-state index in [9.17, 15) is 23.1 Å². The maximum absolute atomic E-state index is 13.1. The molecule has 1 heterocycles. The monoisotopic (exact) mass is 574 g/mol. The quantitative estimate of drug-likeness (QED) is 0.191. The van der Waals surface area contributed by atoms with Crippen molar-refractivity contribution in [1.82, 2.24) is 4.72 Å². The van der Waals surface area contributed by atoms with Gasteiger partial charge in [0.05, 0.1) is 4.90 Å². The fourth-order valence-corrected chi connectivity index (χ4v) is 6.38. The van der Waals surface area contributed by atoms with Gasteiger partial charge in [-0.15, -0.1) is 0 Å². The standard InChI is InChI=1S/C32H34N2O6S/c1-19(2)29(32(36)37)34-41(38,39)26-17-13-23(14-18-26)22-11-15-25(16-12-22)33-31(35)30-20(3)28-24(10-9-21-7-8-21)5-4-6-27(28)40-30/h4-6,11-19,21,29,34H,7-10H2,1-3H3,(H,33,35)(H,36,37). The molecule has 5 rings (SSSR count). The van der Waals surface area contributed by atoms with Crippen molar-refractivity contribution >= 4 is 38.6 Å². The number of nitrogens with one attached hydrogen (secondary N) is 2. The molecule has 0 bridgehead atoms. The van der Waals surface area contributed by atoms with E-state index in [0.29, 0.717) is 11.4 Å². The van der Waals surface area contributed by atoms with Crippen molar-refractivity contribution < 1.29 is 27.5 Å². The van der Waals surface area contributed by atoms with Crippen molar-refractivity contribution in [2.45, 2.75) is 57.4 Å². The van der Waals surface area contributed by atoms with Gasteiger partial charge in [0.2, 0.25) is 10.0 Å². The Bertz CT molecular complexity index is 1680. The lowest BCUT2D eigenvalue weighted by Gasteiger charge is -2.18. The predicted octanol–water partition coefficient (Wildman–Crippen LogP) is 6.39. The summed E-state index contributed by atoms with van der Waals surface area (Å²) in [5.74, 6) is -0.826. The molecule has 0 radical (unpaired) electrons. The van der Waals surface area contributed by atoms with E-state index in [0.717, 1.165) is 46.4 Å². The molecular formula is C32H34N2O6S. The molecule has 9 heteroatoms. The number of aliphatic carboxylic acids is 1. The third-order valence-electron chi connectivity index (χ3n) is 7.62. The molecule has 4 aromatic rings. The summed E-state index contributed by atoms with van der Waals surface area (Å²) in [7, 11) is -4.00. The van der Waals surface area contributed by atoms with Gasteiger partial charge in [-0.05, 0) is 78.6 Å².